The first-order valence-electron chi connectivity index (χ1n) is 3.08. The van der Waals surface area contributed by atoms with E-state index in [1.54, 1.807) is 0 Å². The van der Waals surface area contributed by atoms with Gasteiger partial charge >= 0.3 is 0 Å². The van der Waals surface area contributed by atoms with Crippen molar-refractivity contribution in [1.29, 1.82) is 0 Å². The van der Waals surface area contributed by atoms with Crippen molar-refractivity contribution in [1.82, 2.24) is 15.6 Å². The quantitative estimate of drug-likeness (QED) is 0.535. The summed E-state index contributed by atoms with van der Waals surface area (Å²) in [7, 11) is 0. The number of hydrogen-bond donors (Lipinski definition) is 0. The molecule has 1 rings (SSSR count). The standard InChI is InChI=1S/2C2H6.CHN3O/c2*1-2;1-2-3-4-5-1/h2*1-2H3;1H. The molecule has 1 aromatic heterocycles. The van der Waals surface area contributed by atoms with Crippen molar-refractivity contribution in [2.24, 2.45) is 0 Å². The second-order valence-electron chi connectivity index (χ2n) is 0.497. The summed E-state index contributed by atoms with van der Waals surface area (Å²) in [5, 5.41) is 9.24. The van der Waals surface area contributed by atoms with E-state index in [0.717, 1.165) is 6.39 Å². The van der Waals surface area contributed by atoms with Crippen molar-refractivity contribution < 1.29 is 4.52 Å². The van der Waals surface area contributed by atoms with Gasteiger partial charge in [0.05, 0.1) is 5.27 Å². The van der Waals surface area contributed by atoms with Crippen molar-refractivity contribution >= 4 is 0 Å². The molecule has 0 unspecified atom stereocenters. The van der Waals surface area contributed by atoms with Crippen LogP contribution in [0.15, 0.2) is 10.9 Å². The molecule has 0 aliphatic heterocycles. The van der Waals surface area contributed by atoms with Crippen molar-refractivity contribution in [3.8, 4) is 0 Å². The van der Waals surface area contributed by atoms with Gasteiger partial charge in [0, 0.05) is 0 Å². The summed E-state index contributed by atoms with van der Waals surface area (Å²) < 4.78 is 4.11. The minimum absolute atomic E-state index is 1.15. The summed E-state index contributed by atoms with van der Waals surface area (Å²) >= 11 is 0. The van der Waals surface area contributed by atoms with Gasteiger partial charge in [-0.05, 0) is 5.21 Å². The van der Waals surface area contributed by atoms with Gasteiger partial charge in [0.25, 0.3) is 0 Å². The maximum Gasteiger partial charge on any atom is 0.235 e. The second-order valence-corrected chi connectivity index (χ2v) is 0.497. The van der Waals surface area contributed by atoms with E-state index in [1.807, 2.05) is 27.7 Å². The molecule has 0 N–H and O–H groups in total. The molecule has 0 fully saturated rings. The van der Waals surface area contributed by atoms with E-state index in [4.69, 9.17) is 0 Å². The highest BCUT2D eigenvalue weighted by Crippen LogP contribution is 1.55. The molecule has 1 aromatic rings. The number of hydrogen-bond acceptors (Lipinski definition) is 4. The molecule has 4 nitrogen and oxygen atoms in total. The summed E-state index contributed by atoms with van der Waals surface area (Å²) in [6, 6.07) is 0. The molecule has 0 saturated carbocycles. The number of rotatable bonds is 0. The van der Waals surface area contributed by atoms with Gasteiger partial charge in [-0.2, -0.15) is 0 Å². The van der Waals surface area contributed by atoms with E-state index in [2.05, 4.69) is 20.1 Å². The van der Waals surface area contributed by atoms with Gasteiger partial charge in [-0.15, -0.1) is 0 Å². The Bertz CT molecular complexity index is 68.7. The molecule has 0 aliphatic carbocycles. The minimum atomic E-state index is 1.15. The molecule has 54 valence electrons. The molecular formula is C5H13N3O. The molecule has 0 atom stereocenters. The van der Waals surface area contributed by atoms with E-state index in [0.29, 0.717) is 0 Å². The van der Waals surface area contributed by atoms with Gasteiger partial charge in [-0.1, -0.05) is 32.8 Å². The average Bonchev–Trinajstić information content (AvgIpc) is 2.51. The van der Waals surface area contributed by atoms with Crippen molar-refractivity contribution in [3.63, 3.8) is 0 Å². The Morgan fingerprint density at radius 2 is 1.67 bits per heavy atom. The maximum atomic E-state index is 4.11. The SMILES string of the molecule is CC.CC.c1nnno1. The Kier molecular flexibility index (Phi) is 19.1. The van der Waals surface area contributed by atoms with E-state index in [9.17, 15) is 0 Å². The smallest absolute Gasteiger partial charge is 0.235 e. The van der Waals surface area contributed by atoms with Gasteiger partial charge in [-0.25, -0.2) is 0 Å². The monoisotopic (exact) mass is 131 g/mol. The fourth-order valence-corrected chi connectivity index (χ4v) is 0.105. The average molecular weight is 131 g/mol. The highest BCUT2D eigenvalue weighted by Gasteiger charge is 1.62. The van der Waals surface area contributed by atoms with Crippen LogP contribution in [0, 0.1) is 0 Å². The predicted molar refractivity (Wildman–Crippen MR) is 34.8 cm³/mol. The first kappa shape index (κ1) is 10.9. The van der Waals surface area contributed by atoms with Crippen LogP contribution in [0.25, 0.3) is 0 Å². The van der Waals surface area contributed by atoms with Crippen LogP contribution in [0.3, 0.4) is 0 Å². The summed E-state index contributed by atoms with van der Waals surface area (Å²) in [6.07, 6.45) is 1.15. The lowest BCUT2D eigenvalue weighted by Crippen LogP contribution is -1.61. The Labute approximate surface area is 55.2 Å². The third kappa shape index (κ3) is 11.0. The molecule has 0 aromatic carbocycles. The maximum absolute atomic E-state index is 4.11. The lowest BCUT2D eigenvalue weighted by Gasteiger charge is -1.41. The minimum Gasteiger partial charge on any atom is -0.324 e. The molecule has 0 saturated heterocycles. The summed E-state index contributed by atoms with van der Waals surface area (Å²) in [6.45, 7) is 8.00. The van der Waals surface area contributed by atoms with Crippen LogP contribution in [0.2, 0.25) is 0 Å². The second kappa shape index (κ2) is 15.7. The zero-order chi connectivity index (χ0) is 7.54. The lowest BCUT2D eigenvalue weighted by atomic mass is 11.0. The van der Waals surface area contributed by atoms with Crippen LogP contribution in [0.1, 0.15) is 27.7 Å². The van der Waals surface area contributed by atoms with Gasteiger partial charge < -0.3 is 4.52 Å². The topological polar surface area (TPSA) is 51.8 Å². The number of aromatic nitrogens is 3. The van der Waals surface area contributed by atoms with Crippen LogP contribution < -0.4 is 0 Å². The molecule has 0 aliphatic rings. The molecule has 0 amide bonds. The van der Waals surface area contributed by atoms with Crippen LogP contribution in [0.4, 0.5) is 0 Å². The van der Waals surface area contributed by atoms with Gasteiger partial charge in [-0.3, -0.25) is 0 Å². The molecule has 1 heterocycles. The zero-order valence-electron chi connectivity index (χ0n) is 6.33. The summed E-state index contributed by atoms with van der Waals surface area (Å²) in [4.78, 5) is 0. The molecule has 9 heavy (non-hydrogen) atoms. The Morgan fingerprint density at radius 3 is 1.78 bits per heavy atom. The third-order valence-corrected chi connectivity index (χ3v) is 0.230. The van der Waals surface area contributed by atoms with Crippen LogP contribution >= 0.6 is 0 Å². The third-order valence-electron chi connectivity index (χ3n) is 0.230. The summed E-state index contributed by atoms with van der Waals surface area (Å²) in [5.41, 5.74) is 0. The van der Waals surface area contributed by atoms with Gasteiger partial charge in [0.1, 0.15) is 0 Å². The van der Waals surface area contributed by atoms with Crippen molar-refractivity contribution in [3.05, 3.63) is 6.39 Å². The molecule has 0 spiro atoms. The predicted octanol–water partition coefficient (Wildman–Crippen LogP) is 1.52. The lowest BCUT2D eigenvalue weighted by molar-refractivity contribution is 0.392. The van der Waals surface area contributed by atoms with E-state index < -0.39 is 0 Å². The zero-order valence-corrected chi connectivity index (χ0v) is 6.33. The van der Waals surface area contributed by atoms with Crippen LogP contribution in [-0.2, 0) is 0 Å². The van der Waals surface area contributed by atoms with Gasteiger partial charge in [0.15, 0.2) is 0 Å². The fraction of sp³-hybridized carbons (Fsp3) is 0.800. The van der Waals surface area contributed by atoms with Crippen molar-refractivity contribution in [2.45, 2.75) is 27.7 Å². The number of nitrogens with zero attached hydrogens (tertiary/aromatic N) is 3. The first-order valence-corrected chi connectivity index (χ1v) is 3.08. The summed E-state index contributed by atoms with van der Waals surface area (Å²) in [5.74, 6) is 0. The van der Waals surface area contributed by atoms with E-state index in [-0.39, 0.29) is 0 Å². The molecule has 4 heteroatoms. The normalized spacial score (nSPS) is 5.78. The van der Waals surface area contributed by atoms with Crippen molar-refractivity contribution in [2.75, 3.05) is 0 Å². The first-order chi connectivity index (χ1) is 4.50. The molecule has 0 bridgehead atoms. The highest BCUT2D eigenvalue weighted by molar-refractivity contribution is 4.12. The van der Waals surface area contributed by atoms with Crippen LogP contribution in [-0.4, -0.2) is 15.6 Å². The van der Waals surface area contributed by atoms with E-state index >= 15 is 0 Å². The molecule has 0 radical (unpaired) electrons. The largest absolute Gasteiger partial charge is 0.324 e. The molecular weight excluding hydrogens is 118 g/mol. The highest BCUT2D eigenvalue weighted by atomic mass is 16.5. The van der Waals surface area contributed by atoms with E-state index in [1.165, 1.54) is 0 Å². The van der Waals surface area contributed by atoms with Crippen LogP contribution in [0.5, 0.6) is 0 Å². The van der Waals surface area contributed by atoms with Gasteiger partial charge in [0.2, 0.25) is 6.39 Å². The Hall–Kier alpha value is -0.930. The fourth-order valence-electron chi connectivity index (χ4n) is 0.105. The Balaban J connectivity index is 0. The Morgan fingerprint density at radius 1 is 1.11 bits per heavy atom.